The van der Waals surface area contributed by atoms with E-state index in [-0.39, 0.29) is 32.5 Å². The van der Waals surface area contributed by atoms with Crippen molar-refractivity contribution in [3.05, 3.63) is 69.8 Å². The molecule has 0 bridgehead atoms. The van der Waals surface area contributed by atoms with Gasteiger partial charge in [-0.1, -0.05) is 226 Å². The fourth-order valence-corrected chi connectivity index (χ4v) is 13.7. The number of aromatic nitrogens is 3. The van der Waals surface area contributed by atoms with Crippen molar-refractivity contribution in [1.82, 2.24) is 15.0 Å². The third-order valence-electron chi connectivity index (χ3n) is 12.7. The molecule has 4 rings (SSSR count). The highest BCUT2D eigenvalue weighted by molar-refractivity contribution is 9.09. The van der Waals surface area contributed by atoms with Gasteiger partial charge in [-0.3, -0.25) is 0 Å². The maximum atomic E-state index is 11.1. The van der Waals surface area contributed by atoms with Gasteiger partial charge in [-0.25, -0.2) is 0 Å². The zero-order valence-electron chi connectivity index (χ0n) is 49.1. The Labute approximate surface area is 465 Å². The zero-order chi connectivity index (χ0) is 55.2. The van der Waals surface area contributed by atoms with Crippen molar-refractivity contribution in [3.63, 3.8) is 0 Å². The lowest BCUT2D eigenvalue weighted by molar-refractivity contribution is 0.421. The highest BCUT2D eigenvalue weighted by atomic mass is 33.5. The van der Waals surface area contributed by atoms with Crippen LogP contribution in [0.1, 0.15) is 249 Å². The summed E-state index contributed by atoms with van der Waals surface area (Å²) in [6.45, 7) is 43.0. The number of hydrogen-bond acceptors (Lipinski definition) is 12. The van der Waals surface area contributed by atoms with Gasteiger partial charge in [0.05, 0.1) is 0 Å². The molecule has 4 N–H and O–H groups in total. The molecular weight excluding hydrogens is 997 g/mol. The van der Waals surface area contributed by atoms with Crippen LogP contribution in [-0.2, 0) is 32.5 Å². The van der Waals surface area contributed by atoms with Crippen molar-refractivity contribution < 1.29 is 15.3 Å². The van der Waals surface area contributed by atoms with Gasteiger partial charge < -0.3 is 20.6 Å². The van der Waals surface area contributed by atoms with Crippen LogP contribution in [-0.4, -0.2) is 41.8 Å². The number of nitrogens with one attached hydrogen (secondary N) is 1. The number of aromatic hydroxyl groups is 3. The molecule has 0 aliphatic carbocycles. The molecule has 0 amide bonds. The van der Waals surface area contributed by atoms with E-state index in [1.165, 1.54) is 77.0 Å². The molecule has 0 atom stereocenters. The normalized spacial score (nSPS) is 12.8. The van der Waals surface area contributed by atoms with Crippen molar-refractivity contribution >= 4 is 66.6 Å². The van der Waals surface area contributed by atoms with Crippen LogP contribution in [0, 0.1) is 0 Å². The molecule has 73 heavy (non-hydrogen) atoms. The largest absolute Gasteiger partial charge is 0.507 e. The van der Waals surface area contributed by atoms with Gasteiger partial charge in [0.15, 0.2) is 10.3 Å². The van der Waals surface area contributed by atoms with Crippen molar-refractivity contribution in [1.29, 1.82) is 0 Å². The lowest BCUT2D eigenvalue weighted by atomic mass is 9.79. The van der Waals surface area contributed by atoms with Crippen LogP contribution in [0.2, 0.25) is 0 Å². The van der Waals surface area contributed by atoms with Crippen LogP contribution >= 0.6 is 54.9 Å². The number of unbranched alkanes of at least 4 members (excludes halogenated alkanes) is 10. The molecule has 0 aliphatic heterocycles. The molecule has 3 aromatic carbocycles. The third-order valence-corrected chi connectivity index (χ3v) is 18.3. The Hall–Kier alpha value is -2.38. The summed E-state index contributed by atoms with van der Waals surface area (Å²) in [5.74, 6) is 3.85. The van der Waals surface area contributed by atoms with Crippen molar-refractivity contribution in [3.8, 4) is 17.2 Å². The quantitative estimate of drug-likeness (QED) is 0.0260. The molecular formula is C61H98N4O3S5. The highest BCUT2D eigenvalue weighted by Gasteiger charge is 2.30. The molecule has 0 saturated heterocycles. The Bertz CT molecular complexity index is 2120. The van der Waals surface area contributed by atoms with E-state index < -0.39 is 0 Å². The number of thioether (sulfide) groups is 2. The van der Waals surface area contributed by atoms with Crippen molar-refractivity contribution in [2.75, 3.05) is 16.8 Å². The Morgan fingerprint density at radius 1 is 0.384 bits per heavy atom. The smallest absolute Gasteiger partial charge is 0.232 e. The summed E-state index contributed by atoms with van der Waals surface area (Å²) in [6.07, 6.45) is 15.4. The van der Waals surface area contributed by atoms with Gasteiger partial charge in [0.1, 0.15) is 17.2 Å². The van der Waals surface area contributed by atoms with Gasteiger partial charge in [-0.15, -0.1) is 0 Å². The van der Waals surface area contributed by atoms with Crippen LogP contribution in [0.5, 0.6) is 17.2 Å². The highest BCUT2D eigenvalue weighted by Crippen LogP contribution is 2.51. The van der Waals surface area contributed by atoms with Gasteiger partial charge in [-0.2, -0.15) is 15.0 Å². The first kappa shape index (κ1) is 64.9. The fraction of sp³-hybridized carbons (Fsp3) is 0.656. The van der Waals surface area contributed by atoms with Crippen molar-refractivity contribution in [2.45, 2.75) is 268 Å². The minimum Gasteiger partial charge on any atom is -0.507 e. The van der Waals surface area contributed by atoms with Crippen molar-refractivity contribution in [2.24, 2.45) is 0 Å². The molecule has 0 aliphatic rings. The second-order valence-corrected chi connectivity index (χ2v) is 32.1. The van der Waals surface area contributed by atoms with Gasteiger partial charge >= 0.3 is 0 Å². The SMILES string of the molecule is CC(C)(C)c1cc(SSSc2cc(C(C)(C)C)c(O)c(C(C)(C)C)c2)cc(C(C)(C)C)c1O.CCCCCCCCSc1nc(Nc2cc(C(C)(C)C)c(O)c(C(C)(C)C)c2)nc(SCCCCCCCC)n1. The van der Waals surface area contributed by atoms with Gasteiger partial charge in [-0.05, 0) is 113 Å². The van der Waals surface area contributed by atoms with E-state index in [1.54, 1.807) is 54.9 Å². The Kier molecular flexibility index (Phi) is 25.2. The van der Waals surface area contributed by atoms with Gasteiger partial charge in [0, 0.05) is 60.4 Å². The summed E-state index contributed by atoms with van der Waals surface area (Å²) in [5, 5.41) is 38.2. The summed E-state index contributed by atoms with van der Waals surface area (Å²) >= 11 is 3.48. The summed E-state index contributed by atoms with van der Waals surface area (Å²) in [5.41, 5.74) is 5.73. The van der Waals surface area contributed by atoms with Crippen LogP contribution in [0.3, 0.4) is 0 Å². The molecule has 1 aromatic heterocycles. The number of rotatable bonds is 22. The standard InChI is InChI=1S/C33H56N4OS2.C28H42O2S3/c1-9-11-13-15-17-19-21-39-30-35-29(36-31(37-30)40-22-20-18-16-14-12-10-2)34-25-23-26(32(3,4)5)28(38)27(24-25)33(6,7)8;1-25(2,3)19-13-17(14-20(23(19)29)26(4,5)6)31-33-32-18-15-21(27(7,8)9)24(30)22(16-18)28(10,11)12/h23-24,38H,9-22H2,1-8H3,(H,34,35,36,37);13-16,29-30H,1-12H3. The molecule has 0 unspecified atom stereocenters. The van der Waals surface area contributed by atoms with E-state index in [0.29, 0.717) is 23.2 Å². The summed E-state index contributed by atoms with van der Waals surface area (Å²) in [6, 6.07) is 12.6. The Morgan fingerprint density at radius 2 is 0.658 bits per heavy atom. The van der Waals surface area contributed by atoms with E-state index in [2.05, 4.69) is 168 Å². The summed E-state index contributed by atoms with van der Waals surface area (Å²) in [4.78, 5) is 16.7. The Morgan fingerprint density at radius 3 is 0.945 bits per heavy atom. The van der Waals surface area contributed by atoms with E-state index in [9.17, 15) is 15.3 Å². The van der Waals surface area contributed by atoms with E-state index in [0.717, 1.165) is 70.7 Å². The average molecular weight is 1100 g/mol. The number of benzene rings is 3. The second kappa shape index (κ2) is 28.3. The first-order chi connectivity index (χ1) is 33.7. The summed E-state index contributed by atoms with van der Waals surface area (Å²) < 4.78 is 0. The van der Waals surface area contributed by atoms with Crippen LogP contribution in [0.15, 0.2) is 56.5 Å². The Balaban J connectivity index is 0.000000392. The van der Waals surface area contributed by atoms with Crippen LogP contribution in [0.4, 0.5) is 11.6 Å². The molecule has 7 nitrogen and oxygen atoms in total. The lowest BCUT2D eigenvalue weighted by Gasteiger charge is -2.28. The number of phenolic OH excluding ortho intramolecular Hbond substituents is 3. The molecule has 12 heteroatoms. The minimum absolute atomic E-state index is 0.140. The number of hydrogen-bond donors (Lipinski definition) is 4. The third kappa shape index (κ3) is 21.5. The number of phenols is 3. The monoisotopic (exact) mass is 1090 g/mol. The van der Waals surface area contributed by atoms with Gasteiger partial charge in [0.2, 0.25) is 5.95 Å². The first-order valence-electron chi connectivity index (χ1n) is 27.1. The maximum Gasteiger partial charge on any atom is 0.232 e. The molecule has 0 fully saturated rings. The summed E-state index contributed by atoms with van der Waals surface area (Å²) in [7, 11) is 5.16. The zero-order valence-corrected chi connectivity index (χ0v) is 53.2. The van der Waals surface area contributed by atoms with E-state index in [4.69, 9.17) is 15.0 Å². The van der Waals surface area contributed by atoms with E-state index in [1.807, 2.05) is 12.1 Å². The first-order valence-corrected chi connectivity index (χ1v) is 32.6. The molecule has 1 heterocycles. The predicted octanol–water partition coefficient (Wildman–Crippen LogP) is 20.6. The topological polar surface area (TPSA) is 111 Å². The predicted molar refractivity (Wildman–Crippen MR) is 327 cm³/mol. The number of anilines is 2. The van der Waals surface area contributed by atoms with E-state index >= 15 is 0 Å². The maximum absolute atomic E-state index is 11.1. The minimum atomic E-state index is -0.197. The van der Waals surface area contributed by atoms with Crippen LogP contribution in [0.25, 0.3) is 0 Å². The fourth-order valence-electron chi connectivity index (χ4n) is 8.29. The molecule has 0 saturated carbocycles. The lowest BCUT2D eigenvalue weighted by Crippen LogP contribution is -2.18. The van der Waals surface area contributed by atoms with Gasteiger partial charge in [0.25, 0.3) is 0 Å². The molecule has 410 valence electrons. The average Bonchev–Trinajstić information content (AvgIpc) is 3.25. The second-order valence-electron chi connectivity index (χ2n) is 26.0. The molecule has 4 aromatic rings. The van der Waals surface area contributed by atoms with Crippen LogP contribution < -0.4 is 5.32 Å². The molecule has 0 spiro atoms. The molecule has 0 radical (unpaired) electrons. The number of nitrogens with zero attached hydrogens (tertiary/aromatic N) is 3.